The van der Waals surface area contributed by atoms with Crippen LogP contribution < -0.4 is 0 Å². The smallest absolute Gasteiger partial charge is 0.187 e. The van der Waals surface area contributed by atoms with Gasteiger partial charge >= 0.3 is 0 Å². The molecule has 0 bridgehead atoms. The van der Waals surface area contributed by atoms with Gasteiger partial charge in [-0.05, 0) is 82.8 Å². The van der Waals surface area contributed by atoms with Crippen molar-refractivity contribution in [3.63, 3.8) is 0 Å². The van der Waals surface area contributed by atoms with Crippen LogP contribution in [-0.2, 0) is 4.79 Å². The summed E-state index contributed by atoms with van der Waals surface area (Å²) in [5.74, 6) is -1.84. The zero-order valence-corrected chi connectivity index (χ0v) is 22.8. The first-order valence-corrected chi connectivity index (χ1v) is 13.7. The van der Waals surface area contributed by atoms with Gasteiger partial charge in [-0.2, -0.15) is 0 Å². The fourth-order valence-corrected chi connectivity index (χ4v) is 8.81. The number of carbonyl (C=O) groups excluding carboxylic acids is 1. The first-order valence-electron chi connectivity index (χ1n) is 13.7. The Kier molecular flexibility index (Phi) is 6.98. The van der Waals surface area contributed by atoms with E-state index in [0.717, 1.165) is 0 Å². The van der Waals surface area contributed by atoms with Gasteiger partial charge in [0.15, 0.2) is 5.78 Å². The summed E-state index contributed by atoms with van der Waals surface area (Å²) in [6.07, 6.45) is -1.23. The van der Waals surface area contributed by atoms with Crippen molar-refractivity contribution >= 4 is 5.78 Å². The van der Waals surface area contributed by atoms with Gasteiger partial charge in [-0.15, -0.1) is 0 Å². The minimum Gasteiger partial charge on any atom is -0.393 e. The standard InChI is InChI=1S/C29H46O8/c1-15(2)17(16(3)30)11-23(33)27(6,35)22-8-10-28(36)19-12-24(34)29(37)14-21(32)20(31)13-26(29,5)18(19)7-9-25(22,28)4/h12,16-18,20-23,30-33,35-37H,1,7-11,13-14H2,2-6H3/t16?,17?,18?,20-,21+,22-,23+,25+,26+,27+,28+,29+/m0/s1. The molecule has 0 spiro atoms. The van der Waals surface area contributed by atoms with Crippen LogP contribution >= 0.6 is 0 Å². The van der Waals surface area contributed by atoms with E-state index in [1.807, 2.05) is 6.92 Å². The van der Waals surface area contributed by atoms with E-state index in [-0.39, 0.29) is 31.6 Å². The zero-order chi connectivity index (χ0) is 27.9. The molecule has 8 nitrogen and oxygen atoms in total. The fourth-order valence-electron chi connectivity index (χ4n) is 8.81. The minimum atomic E-state index is -1.83. The summed E-state index contributed by atoms with van der Waals surface area (Å²) in [6.45, 7) is 12.6. The summed E-state index contributed by atoms with van der Waals surface area (Å²) in [6, 6.07) is 0. The van der Waals surface area contributed by atoms with Crippen LogP contribution in [0.15, 0.2) is 23.8 Å². The molecule has 4 rings (SSSR count). The summed E-state index contributed by atoms with van der Waals surface area (Å²) in [5, 5.41) is 77.7. The third-order valence-electron chi connectivity index (χ3n) is 11.4. The second kappa shape index (κ2) is 8.95. The van der Waals surface area contributed by atoms with E-state index in [1.165, 1.54) is 6.08 Å². The number of hydrogen-bond acceptors (Lipinski definition) is 8. The van der Waals surface area contributed by atoms with Crippen LogP contribution in [0.4, 0.5) is 0 Å². The molecule has 7 N–H and O–H groups in total. The largest absolute Gasteiger partial charge is 0.393 e. The van der Waals surface area contributed by atoms with Gasteiger partial charge in [-0.1, -0.05) is 26.0 Å². The number of aliphatic hydroxyl groups is 7. The van der Waals surface area contributed by atoms with Crippen LogP contribution in [0.5, 0.6) is 0 Å². The van der Waals surface area contributed by atoms with Crippen LogP contribution in [0.1, 0.15) is 79.6 Å². The van der Waals surface area contributed by atoms with Crippen molar-refractivity contribution in [2.24, 2.45) is 28.6 Å². The molecule has 3 fully saturated rings. The first kappa shape index (κ1) is 28.9. The second-order valence-corrected chi connectivity index (χ2v) is 13.4. The van der Waals surface area contributed by atoms with E-state index in [1.54, 1.807) is 27.7 Å². The van der Waals surface area contributed by atoms with E-state index in [9.17, 15) is 40.5 Å². The average molecular weight is 523 g/mol. The summed E-state index contributed by atoms with van der Waals surface area (Å²) in [7, 11) is 0. The highest BCUT2D eigenvalue weighted by molar-refractivity contribution is 6.00. The first-order chi connectivity index (χ1) is 16.9. The van der Waals surface area contributed by atoms with Crippen molar-refractivity contribution in [1.82, 2.24) is 0 Å². The lowest BCUT2D eigenvalue weighted by Gasteiger charge is -2.62. The minimum absolute atomic E-state index is 0.0344. The number of ketones is 1. The molecule has 3 saturated carbocycles. The predicted molar refractivity (Wildman–Crippen MR) is 137 cm³/mol. The number of aliphatic hydroxyl groups excluding tert-OH is 4. The van der Waals surface area contributed by atoms with Crippen molar-refractivity contribution in [3.8, 4) is 0 Å². The van der Waals surface area contributed by atoms with Gasteiger partial charge in [0.05, 0.1) is 35.6 Å². The molecule has 0 aromatic carbocycles. The van der Waals surface area contributed by atoms with Gasteiger partial charge in [-0.3, -0.25) is 4.79 Å². The molecule has 0 aromatic heterocycles. The SMILES string of the molecule is C=C(C)C(C[C@@H](O)[C@](C)(O)[C@H]1CC[C@@]2(O)C3=CC(=O)[C@]4(O)C[C@@H](O)[C@@H](O)C[C@]4(C)C3CC[C@]12C)C(C)O. The van der Waals surface area contributed by atoms with Crippen molar-refractivity contribution in [3.05, 3.63) is 23.8 Å². The zero-order valence-electron chi connectivity index (χ0n) is 22.8. The Labute approximate surface area is 219 Å². The highest BCUT2D eigenvalue weighted by atomic mass is 16.3. The normalized spacial score (nSPS) is 47.6. The molecular formula is C29H46O8. The third kappa shape index (κ3) is 3.85. The van der Waals surface area contributed by atoms with Crippen molar-refractivity contribution < 1.29 is 40.5 Å². The topological polar surface area (TPSA) is 159 Å². The molecule has 4 aliphatic carbocycles. The number of fused-ring (bicyclic) bond motifs is 5. The van der Waals surface area contributed by atoms with Crippen molar-refractivity contribution in [1.29, 1.82) is 0 Å². The Morgan fingerprint density at radius 2 is 1.68 bits per heavy atom. The summed E-state index contributed by atoms with van der Waals surface area (Å²) in [4.78, 5) is 13.4. The summed E-state index contributed by atoms with van der Waals surface area (Å²) >= 11 is 0. The number of hydrogen-bond donors (Lipinski definition) is 7. The second-order valence-electron chi connectivity index (χ2n) is 13.4. The van der Waals surface area contributed by atoms with Crippen LogP contribution in [0.2, 0.25) is 0 Å². The monoisotopic (exact) mass is 522 g/mol. The molecule has 0 heterocycles. The highest BCUT2D eigenvalue weighted by Gasteiger charge is 2.71. The Balaban J connectivity index is 1.70. The van der Waals surface area contributed by atoms with Crippen LogP contribution in [0.25, 0.3) is 0 Å². The van der Waals surface area contributed by atoms with E-state index in [2.05, 4.69) is 6.58 Å². The molecule has 37 heavy (non-hydrogen) atoms. The van der Waals surface area contributed by atoms with Gasteiger partial charge in [0.25, 0.3) is 0 Å². The van der Waals surface area contributed by atoms with Gasteiger partial charge in [-0.25, -0.2) is 0 Å². The Hall–Kier alpha value is -1.13. The molecule has 0 aromatic rings. The Morgan fingerprint density at radius 1 is 1.08 bits per heavy atom. The van der Waals surface area contributed by atoms with Crippen LogP contribution in [-0.4, -0.2) is 82.7 Å². The fraction of sp³-hybridized carbons (Fsp3) is 0.828. The molecule has 3 unspecified atom stereocenters. The quantitative estimate of drug-likeness (QED) is 0.258. The molecular weight excluding hydrogens is 476 g/mol. The highest BCUT2D eigenvalue weighted by Crippen LogP contribution is 2.69. The van der Waals surface area contributed by atoms with Gasteiger partial charge < -0.3 is 35.7 Å². The lowest BCUT2D eigenvalue weighted by atomic mass is 9.44. The molecule has 210 valence electrons. The maximum Gasteiger partial charge on any atom is 0.187 e. The third-order valence-corrected chi connectivity index (χ3v) is 11.4. The summed E-state index contributed by atoms with van der Waals surface area (Å²) in [5.41, 5.74) is -5.53. The average Bonchev–Trinajstić information content (AvgIpc) is 3.07. The number of carbonyl (C=O) groups is 1. The maximum absolute atomic E-state index is 13.4. The summed E-state index contributed by atoms with van der Waals surface area (Å²) < 4.78 is 0. The Bertz CT molecular complexity index is 988. The molecule has 0 saturated heterocycles. The Morgan fingerprint density at radius 3 is 2.24 bits per heavy atom. The lowest BCUT2D eigenvalue weighted by Crippen LogP contribution is -2.69. The number of rotatable bonds is 6. The predicted octanol–water partition coefficient (Wildman–Crippen LogP) is 1.38. The van der Waals surface area contributed by atoms with E-state index < -0.39 is 69.7 Å². The molecule has 12 atom stereocenters. The van der Waals surface area contributed by atoms with Crippen molar-refractivity contribution in [2.45, 2.75) is 121 Å². The lowest BCUT2D eigenvalue weighted by molar-refractivity contribution is -0.211. The molecule has 0 amide bonds. The van der Waals surface area contributed by atoms with E-state index >= 15 is 0 Å². The molecule has 0 aliphatic heterocycles. The molecule has 0 radical (unpaired) electrons. The van der Waals surface area contributed by atoms with E-state index in [0.29, 0.717) is 30.4 Å². The van der Waals surface area contributed by atoms with Crippen LogP contribution in [0.3, 0.4) is 0 Å². The van der Waals surface area contributed by atoms with Gasteiger partial charge in [0.1, 0.15) is 5.60 Å². The molecule has 4 aliphatic rings. The van der Waals surface area contributed by atoms with Gasteiger partial charge in [0.2, 0.25) is 0 Å². The van der Waals surface area contributed by atoms with Crippen LogP contribution in [0, 0.1) is 28.6 Å². The molecule has 8 heteroatoms. The maximum atomic E-state index is 13.4. The van der Waals surface area contributed by atoms with Gasteiger partial charge in [0, 0.05) is 23.2 Å². The van der Waals surface area contributed by atoms with E-state index in [4.69, 9.17) is 0 Å². The van der Waals surface area contributed by atoms with Crippen molar-refractivity contribution in [2.75, 3.05) is 0 Å².